The van der Waals surface area contributed by atoms with E-state index in [1.54, 1.807) is 6.26 Å². The summed E-state index contributed by atoms with van der Waals surface area (Å²) in [6.07, 6.45) is 3.14. The maximum atomic E-state index is 5.89. The third-order valence-corrected chi connectivity index (χ3v) is 4.83. The molecule has 0 fully saturated rings. The molecule has 2 aromatic carbocycles. The van der Waals surface area contributed by atoms with Gasteiger partial charge < -0.3 is 19.8 Å². The van der Waals surface area contributed by atoms with E-state index in [2.05, 4.69) is 55.1 Å². The first-order chi connectivity index (χ1) is 15.8. The van der Waals surface area contributed by atoms with Gasteiger partial charge in [-0.25, -0.2) is 4.98 Å². The number of guanidine groups is 1. The van der Waals surface area contributed by atoms with Crippen molar-refractivity contribution in [3.8, 4) is 17.3 Å². The molecule has 0 amide bonds. The Hall–Kier alpha value is -3.81. The molecule has 2 heterocycles. The molecule has 166 valence electrons. The van der Waals surface area contributed by atoms with Crippen LogP contribution in [0.1, 0.15) is 19.2 Å². The molecule has 3 N–H and O–H groups in total. The number of furan rings is 1. The monoisotopic (exact) mass is 432 g/mol. The van der Waals surface area contributed by atoms with Gasteiger partial charge in [0.1, 0.15) is 11.6 Å². The van der Waals surface area contributed by atoms with Crippen LogP contribution in [0.4, 0.5) is 0 Å². The number of aliphatic imine (C=N–C) groups is 1. The van der Waals surface area contributed by atoms with Crippen LogP contribution >= 0.6 is 0 Å². The molecule has 32 heavy (non-hydrogen) atoms. The minimum absolute atomic E-state index is 0.567. The van der Waals surface area contributed by atoms with E-state index in [0.717, 1.165) is 30.5 Å². The Morgan fingerprint density at radius 2 is 2.00 bits per heavy atom. The Balaban J connectivity index is 1.19. The molecule has 0 bridgehead atoms. The normalized spacial score (nSPS) is 11.6. The number of aromatic nitrogens is 3. The summed E-state index contributed by atoms with van der Waals surface area (Å²) >= 11 is 0. The van der Waals surface area contributed by atoms with Gasteiger partial charge >= 0.3 is 0 Å². The first-order valence-electron chi connectivity index (χ1n) is 10.9. The standard InChI is InChI=1S/C24H28N6O2/c1-2-25-24(27-14-12-22-28-23(30-29-22)21-9-5-15-32-21)26-13-6-16-31-20-11-10-18-7-3-4-8-19(18)17-20/h3-5,7-11,15,17H,2,6,12-14,16H2,1H3,(H2,25,26,27)(H,28,29,30). The maximum absolute atomic E-state index is 5.89. The molecule has 2 aromatic heterocycles. The van der Waals surface area contributed by atoms with E-state index < -0.39 is 0 Å². The number of hydrogen-bond acceptors (Lipinski definition) is 5. The maximum Gasteiger partial charge on any atom is 0.216 e. The number of aromatic amines is 1. The molecule has 4 rings (SSSR count). The fourth-order valence-corrected chi connectivity index (χ4v) is 3.27. The fraction of sp³-hybridized carbons (Fsp3) is 0.292. The largest absolute Gasteiger partial charge is 0.494 e. The average molecular weight is 433 g/mol. The lowest BCUT2D eigenvalue weighted by Gasteiger charge is -2.11. The van der Waals surface area contributed by atoms with Gasteiger partial charge in [0.05, 0.1) is 12.9 Å². The number of nitrogens with zero attached hydrogens (tertiary/aromatic N) is 3. The average Bonchev–Trinajstić information content (AvgIpc) is 3.51. The van der Waals surface area contributed by atoms with Crippen molar-refractivity contribution in [2.24, 2.45) is 4.99 Å². The van der Waals surface area contributed by atoms with Gasteiger partial charge in [0, 0.05) is 32.5 Å². The molecule has 0 unspecified atom stereocenters. The highest BCUT2D eigenvalue weighted by Crippen LogP contribution is 2.20. The van der Waals surface area contributed by atoms with Crippen LogP contribution in [0, 0.1) is 0 Å². The van der Waals surface area contributed by atoms with Crippen molar-refractivity contribution >= 4 is 16.7 Å². The van der Waals surface area contributed by atoms with Crippen LogP contribution in [0.3, 0.4) is 0 Å². The molecule has 0 aliphatic carbocycles. The van der Waals surface area contributed by atoms with Gasteiger partial charge in [0.25, 0.3) is 0 Å². The lowest BCUT2D eigenvalue weighted by Crippen LogP contribution is -2.38. The number of ether oxygens (including phenoxy) is 1. The summed E-state index contributed by atoms with van der Waals surface area (Å²) in [6.45, 7) is 4.82. The Kier molecular flexibility index (Phi) is 7.36. The van der Waals surface area contributed by atoms with Crippen LogP contribution in [-0.2, 0) is 6.42 Å². The SMILES string of the molecule is CCNC(=NCCCOc1ccc2ccccc2c1)NCCc1nc(-c2ccco2)n[nH]1. The summed E-state index contributed by atoms with van der Waals surface area (Å²) in [5, 5.41) is 16.1. The second-order valence-electron chi connectivity index (χ2n) is 7.23. The molecular weight excluding hydrogens is 404 g/mol. The Morgan fingerprint density at radius 1 is 1.09 bits per heavy atom. The van der Waals surface area contributed by atoms with Crippen LogP contribution in [0.5, 0.6) is 5.75 Å². The number of benzene rings is 2. The molecule has 0 atom stereocenters. The molecule has 0 saturated heterocycles. The molecule has 0 aliphatic heterocycles. The Bertz CT molecular complexity index is 1140. The Morgan fingerprint density at radius 3 is 2.84 bits per heavy atom. The second-order valence-corrected chi connectivity index (χ2v) is 7.23. The third kappa shape index (κ3) is 5.87. The highest BCUT2D eigenvalue weighted by molar-refractivity contribution is 5.83. The van der Waals surface area contributed by atoms with E-state index in [4.69, 9.17) is 9.15 Å². The van der Waals surface area contributed by atoms with E-state index in [-0.39, 0.29) is 0 Å². The van der Waals surface area contributed by atoms with Gasteiger partial charge in [-0.05, 0) is 42.0 Å². The second kappa shape index (κ2) is 11.0. The molecule has 8 heteroatoms. The lowest BCUT2D eigenvalue weighted by atomic mass is 10.1. The number of fused-ring (bicyclic) bond motifs is 1. The van der Waals surface area contributed by atoms with Gasteiger partial charge in [-0.3, -0.25) is 10.1 Å². The third-order valence-electron chi connectivity index (χ3n) is 4.83. The van der Waals surface area contributed by atoms with Gasteiger partial charge in [-0.1, -0.05) is 30.3 Å². The van der Waals surface area contributed by atoms with Gasteiger partial charge in [-0.15, -0.1) is 0 Å². The quantitative estimate of drug-likeness (QED) is 0.200. The Labute approximate surface area is 187 Å². The van der Waals surface area contributed by atoms with Crippen molar-refractivity contribution in [2.45, 2.75) is 19.8 Å². The van der Waals surface area contributed by atoms with Crippen LogP contribution in [-0.4, -0.2) is 47.4 Å². The van der Waals surface area contributed by atoms with Crippen LogP contribution in [0.2, 0.25) is 0 Å². The number of H-pyrrole nitrogens is 1. The predicted octanol–water partition coefficient (Wildman–Crippen LogP) is 3.78. The lowest BCUT2D eigenvalue weighted by molar-refractivity contribution is 0.314. The summed E-state index contributed by atoms with van der Waals surface area (Å²) in [5.41, 5.74) is 0. The minimum atomic E-state index is 0.567. The van der Waals surface area contributed by atoms with Gasteiger partial charge in [0.15, 0.2) is 11.7 Å². The summed E-state index contributed by atoms with van der Waals surface area (Å²) in [7, 11) is 0. The van der Waals surface area contributed by atoms with Crippen LogP contribution < -0.4 is 15.4 Å². The van der Waals surface area contributed by atoms with Crippen molar-refractivity contribution in [1.29, 1.82) is 0 Å². The zero-order chi connectivity index (χ0) is 22.0. The van der Waals surface area contributed by atoms with E-state index in [0.29, 0.717) is 37.7 Å². The van der Waals surface area contributed by atoms with Crippen molar-refractivity contribution < 1.29 is 9.15 Å². The first-order valence-corrected chi connectivity index (χ1v) is 10.9. The molecule has 8 nitrogen and oxygen atoms in total. The predicted molar refractivity (Wildman–Crippen MR) is 126 cm³/mol. The molecular formula is C24H28N6O2. The highest BCUT2D eigenvalue weighted by atomic mass is 16.5. The summed E-state index contributed by atoms with van der Waals surface area (Å²) in [5.74, 6) is 3.68. The zero-order valence-corrected chi connectivity index (χ0v) is 18.2. The van der Waals surface area contributed by atoms with Gasteiger partial charge in [-0.2, -0.15) is 5.10 Å². The molecule has 0 saturated carbocycles. The van der Waals surface area contributed by atoms with Crippen LogP contribution in [0.15, 0.2) is 70.3 Å². The minimum Gasteiger partial charge on any atom is -0.494 e. The van der Waals surface area contributed by atoms with E-state index >= 15 is 0 Å². The molecule has 4 aromatic rings. The van der Waals surface area contributed by atoms with Crippen LogP contribution in [0.25, 0.3) is 22.4 Å². The van der Waals surface area contributed by atoms with E-state index in [1.807, 2.05) is 37.3 Å². The molecule has 0 radical (unpaired) electrons. The smallest absolute Gasteiger partial charge is 0.216 e. The summed E-state index contributed by atoms with van der Waals surface area (Å²) in [6, 6.07) is 18.1. The molecule has 0 spiro atoms. The number of rotatable bonds is 10. The highest BCUT2D eigenvalue weighted by Gasteiger charge is 2.08. The van der Waals surface area contributed by atoms with Crippen molar-refractivity contribution in [2.75, 3.05) is 26.2 Å². The number of nitrogens with one attached hydrogen (secondary N) is 3. The summed E-state index contributed by atoms with van der Waals surface area (Å²) in [4.78, 5) is 9.08. The zero-order valence-electron chi connectivity index (χ0n) is 18.2. The first kappa shape index (κ1) is 21.4. The summed E-state index contributed by atoms with van der Waals surface area (Å²) < 4.78 is 11.2. The van der Waals surface area contributed by atoms with Gasteiger partial charge in [0.2, 0.25) is 5.82 Å². The van der Waals surface area contributed by atoms with Crippen molar-refractivity contribution in [3.05, 3.63) is 66.7 Å². The fourth-order valence-electron chi connectivity index (χ4n) is 3.27. The van der Waals surface area contributed by atoms with E-state index in [1.165, 1.54) is 10.8 Å². The number of hydrogen-bond donors (Lipinski definition) is 3. The van der Waals surface area contributed by atoms with E-state index in [9.17, 15) is 0 Å². The topological polar surface area (TPSA) is 100 Å². The molecule has 0 aliphatic rings. The van der Waals surface area contributed by atoms with Crippen molar-refractivity contribution in [3.63, 3.8) is 0 Å². The van der Waals surface area contributed by atoms with Crippen molar-refractivity contribution in [1.82, 2.24) is 25.8 Å².